The van der Waals surface area contributed by atoms with Gasteiger partial charge in [-0.1, -0.05) is 19.1 Å². The molecule has 7 heteroatoms. The zero-order chi connectivity index (χ0) is 19.2. The molecule has 2 amide bonds. The van der Waals surface area contributed by atoms with Crippen molar-refractivity contribution >= 4 is 17.8 Å². The number of carbonyl (C=O) groups is 3. The Morgan fingerprint density at radius 1 is 1.23 bits per heavy atom. The van der Waals surface area contributed by atoms with Crippen molar-refractivity contribution in [1.29, 1.82) is 0 Å². The van der Waals surface area contributed by atoms with E-state index in [4.69, 9.17) is 4.74 Å². The summed E-state index contributed by atoms with van der Waals surface area (Å²) in [6, 6.07) is 6.76. The minimum absolute atomic E-state index is 0.288. The highest BCUT2D eigenvalue weighted by atomic mass is 16.5. The normalized spacial score (nSPS) is 22.3. The van der Waals surface area contributed by atoms with Crippen LogP contribution in [0.4, 0.5) is 0 Å². The molecule has 0 spiro atoms. The molecule has 1 fully saturated rings. The lowest BCUT2D eigenvalue weighted by Crippen LogP contribution is -2.58. The van der Waals surface area contributed by atoms with Crippen LogP contribution < -0.4 is 15.4 Å². The first-order valence-electron chi connectivity index (χ1n) is 8.92. The SMILES string of the molecule is CCOc1ccccc1C(=O)NCC(=O)NC1(C(=O)O)CCC(C)CC1. The summed E-state index contributed by atoms with van der Waals surface area (Å²) in [4.78, 5) is 36.2. The average Bonchev–Trinajstić information content (AvgIpc) is 2.62. The first kappa shape index (κ1) is 19.8. The van der Waals surface area contributed by atoms with Crippen LogP contribution >= 0.6 is 0 Å². The molecule has 0 atom stereocenters. The van der Waals surface area contributed by atoms with Crippen molar-refractivity contribution in [2.45, 2.75) is 45.1 Å². The van der Waals surface area contributed by atoms with Crippen molar-refractivity contribution in [1.82, 2.24) is 10.6 Å². The average molecular weight is 362 g/mol. The van der Waals surface area contributed by atoms with Crippen molar-refractivity contribution in [2.75, 3.05) is 13.2 Å². The van der Waals surface area contributed by atoms with E-state index in [0.29, 0.717) is 36.7 Å². The van der Waals surface area contributed by atoms with Crippen LogP contribution in [0, 0.1) is 5.92 Å². The first-order chi connectivity index (χ1) is 12.4. The van der Waals surface area contributed by atoms with E-state index >= 15 is 0 Å². The smallest absolute Gasteiger partial charge is 0.329 e. The predicted octanol–water partition coefficient (Wildman–Crippen LogP) is 1.96. The quantitative estimate of drug-likeness (QED) is 0.688. The number of rotatable bonds is 7. The molecule has 2 rings (SSSR count). The molecule has 142 valence electrons. The van der Waals surface area contributed by atoms with Gasteiger partial charge >= 0.3 is 5.97 Å². The van der Waals surface area contributed by atoms with Gasteiger partial charge in [-0.3, -0.25) is 9.59 Å². The summed E-state index contributed by atoms with van der Waals surface area (Å²) in [5.74, 6) is -1.08. The molecule has 0 aliphatic heterocycles. The van der Waals surface area contributed by atoms with Gasteiger partial charge in [0, 0.05) is 0 Å². The third kappa shape index (κ3) is 4.74. The first-order valence-corrected chi connectivity index (χ1v) is 8.92. The summed E-state index contributed by atoms with van der Waals surface area (Å²) < 4.78 is 5.40. The molecule has 7 nitrogen and oxygen atoms in total. The lowest BCUT2D eigenvalue weighted by Gasteiger charge is -2.36. The van der Waals surface area contributed by atoms with Crippen LogP contribution in [0.3, 0.4) is 0 Å². The van der Waals surface area contributed by atoms with E-state index in [0.717, 1.165) is 12.8 Å². The summed E-state index contributed by atoms with van der Waals surface area (Å²) in [5.41, 5.74) is -0.904. The maximum Gasteiger partial charge on any atom is 0.329 e. The molecule has 0 radical (unpaired) electrons. The van der Waals surface area contributed by atoms with Crippen LogP contribution in [0.25, 0.3) is 0 Å². The summed E-state index contributed by atoms with van der Waals surface area (Å²) in [6.45, 7) is 4.02. The molecule has 1 aromatic carbocycles. The molecule has 1 saturated carbocycles. The van der Waals surface area contributed by atoms with Crippen molar-refractivity contribution in [3.63, 3.8) is 0 Å². The Hall–Kier alpha value is -2.57. The summed E-state index contributed by atoms with van der Waals surface area (Å²) in [5, 5.41) is 14.7. The molecule has 0 saturated heterocycles. The Balaban J connectivity index is 1.95. The Bertz CT molecular complexity index is 666. The number of carbonyl (C=O) groups excluding carboxylic acids is 2. The van der Waals surface area contributed by atoms with Crippen LogP contribution in [-0.2, 0) is 9.59 Å². The summed E-state index contributed by atoms with van der Waals surface area (Å²) in [6.07, 6.45) is 2.30. The Morgan fingerprint density at radius 3 is 2.50 bits per heavy atom. The lowest BCUT2D eigenvalue weighted by atomic mass is 9.77. The number of para-hydroxylation sites is 1. The Labute approximate surface area is 153 Å². The molecule has 26 heavy (non-hydrogen) atoms. The maximum atomic E-state index is 12.3. The van der Waals surface area contributed by atoms with Crippen LogP contribution in [0.15, 0.2) is 24.3 Å². The number of hydrogen-bond acceptors (Lipinski definition) is 4. The van der Waals surface area contributed by atoms with Crippen LogP contribution in [0.2, 0.25) is 0 Å². The number of aliphatic carboxylic acids is 1. The van der Waals surface area contributed by atoms with Gasteiger partial charge in [0.1, 0.15) is 11.3 Å². The predicted molar refractivity (Wildman–Crippen MR) is 96.1 cm³/mol. The van der Waals surface area contributed by atoms with Crippen LogP contribution in [0.5, 0.6) is 5.75 Å². The van der Waals surface area contributed by atoms with Gasteiger partial charge in [-0.05, 0) is 50.7 Å². The topological polar surface area (TPSA) is 105 Å². The van der Waals surface area contributed by atoms with E-state index in [2.05, 4.69) is 17.6 Å². The van der Waals surface area contributed by atoms with Crippen LogP contribution in [0.1, 0.15) is 49.9 Å². The van der Waals surface area contributed by atoms with Gasteiger partial charge in [-0.2, -0.15) is 0 Å². The Morgan fingerprint density at radius 2 is 1.88 bits per heavy atom. The van der Waals surface area contributed by atoms with E-state index in [-0.39, 0.29) is 6.54 Å². The van der Waals surface area contributed by atoms with Crippen molar-refractivity contribution in [3.8, 4) is 5.75 Å². The van der Waals surface area contributed by atoms with E-state index in [1.807, 2.05) is 6.92 Å². The van der Waals surface area contributed by atoms with Gasteiger partial charge in [0.05, 0.1) is 18.7 Å². The van der Waals surface area contributed by atoms with E-state index < -0.39 is 23.3 Å². The zero-order valence-corrected chi connectivity index (χ0v) is 15.2. The molecule has 0 heterocycles. The molecule has 0 aromatic heterocycles. The molecular weight excluding hydrogens is 336 g/mol. The van der Waals surface area contributed by atoms with Gasteiger partial charge in [0.2, 0.25) is 5.91 Å². The fraction of sp³-hybridized carbons (Fsp3) is 0.526. The number of benzene rings is 1. The molecular formula is C19H26N2O5. The number of ether oxygens (including phenoxy) is 1. The van der Waals surface area contributed by atoms with E-state index in [1.54, 1.807) is 24.3 Å². The third-order valence-corrected chi connectivity index (χ3v) is 4.76. The van der Waals surface area contributed by atoms with Gasteiger partial charge in [-0.25, -0.2) is 4.79 Å². The fourth-order valence-electron chi connectivity index (χ4n) is 3.15. The number of hydrogen-bond donors (Lipinski definition) is 3. The summed E-state index contributed by atoms with van der Waals surface area (Å²) >= 11 is 0. The van der Waals surface area contributed by atoms with E-state index in [9.17, 15) is 19.5 Å². The van der Waals surface area contributed by atoms with Gasteiger partial charge in [0.25, 0.3) is 5.91 Å². The minimum atomic E-state index is -1.24. The Kier molecular flexibility index (Phi) is 6.60. The number of carboxylic acid groups (broad SMARTS) is 1. The molecule has 1 aliphatic rings. The molecule has 3 N–H and O–H groups in total. The third-order valence-electron chi connectivity index (χ3n) is 4.76. The number of amides is 2. The highest BCUT2D eigenvalue weighted by molar-refractivity contribution is 5.99. The van der Waals surface area contributed by atoms with Crippen molar-refractivity contribution in [3.05, 3.63) is 29.8 Å². The second kappa shape index (κ2) is 8.69. The summed E-state index contributed by atoms with van der Waals surface area (Å²) in [7, 11) is 0. The maximum absolute atomic E-state index is 12.3. The van der Waals surface area contributed by atoms with Crippen LogP contribution in [-0.4, -0.2) is 41.6 Å². The second-order valence-corrected chi connectivity index (χ2v) is 6.73. The van der Waals surface area contributed by atoms with Crippen molar-refractivity contribution < 1.29 is 24.2 Å². The molecule has 0 unspecified atom stereocenters. The van der Waals surface area contributed by atoms with Gasteiger partial charge < -0.3 is 20.5 Å². The minimum Gasteiger partial charge on any atom is -0.493 e. The largest absolute Gasteiger partial charge is 0.493 e. The molecule has 1 aliphatic carbocycles. The van der Waals surface area contributed by atoms with E-state index in [1.165, 1.54) is 0 Å². The molecule has 1 aromatic rings. The fourth-order valence-corrected chi connectivity index (χ4v) is 3.15. The highest BCUT2D eigenvalue weighted by Gasteiger charge is 2.42. The number of carboxylic acids is 1. The van der Waals surface area contributed by atoms with Gasteiger partial charge in [0.15, 0.2) is 0 Å². The monoisotopic (exact) mass is 362 g/mol. The number of nitrogens with one attached hydrogen (secondary N) is 2. The van der Waals surface area contributed by atoms with Gasteiger partial charge in [-0.15, -0.1) is 0 Å². The second-order valence-electron chi connectivity index (χ2n) is 6.73. The van der Waals surface area contributed by atoms with Crippen molar-refractivity contribution in [2.24, 2.45) is 5.92 Å². The molecule has 0 bridgehead atoms. The lowest BCUT2D eigenvalue weighted by molar-refractivity contribution is -0.149. The zero-order valence-electron chi connectivity index (χ0n) is 15.2. The standard InChI is InChI=1S/C19H26N2O5/c1-3-26-15-7-5-4-6-14(15)17(23)20-12-16(22)21-19(18(24)25)10-8-13(2)9-11-19/h4-7,13H,3,8-12H2,1-2H3,(H,20,23)(H,21,22)(H,24,25). The highest BCUT2D eigenvalue weighted by Crippen LogP contribution is 2.32.